The maximum absolute atomic E-state index is 13.7. The van der Waals surface area contributed by atoms with Crippen molar-refractivity contribution < 1.29 is 4.39 Å². The second-order valence-electron chi connectivity index (χ2n) is 4.48. The van der Waals surface area contributed by atoms with Crippen molar-refractivity contribution in [3.63, 3.8) is 0 Å². The summed E-state index contributed by atoms with van der Waals surface area (Å²) in [6, 6.07) is 15.0. The van der Waals surface area contributed by atoms with Gasteiger partial charge in [-0.15, -0.1) is 11.6 Å². The molecule has 100 valence electrons. The minimum Gasteiger partial charge on any atom is -0.205 e. The van der Waals surface area contributed by atoms with Crippen LogP contribution in [-0.4, -0.2) is 0 Å². The molecular weight excluding hydrogens is 282 g/mol. The van der Waals surface area contributed by atoms with Crippen molar-refractivity contribution in [3.8, 4) is 0 Å². The molecule has 0 saturated heterocycles. The molecule has 0 aliphatic rings. The van der Waals surface area contributed by atoms with E-state index in [1.165, 1.54) is 0 Å². The Morgan fingerprint density at radius 2 is 1.74 bits per heavy atom. The van der Waals surface area contributed by atoms with Gasteiger partial charge in [0.15, 0.2) is 0 Å². The molecule has 0 nitrogen and oxygen atoms in total. The molecule has 0 saturated carbocycles. The number of halogens is 3. The smallest absolute Gasteiger partial charge is 0.144 e. The Hall–Kier alpha value is -1.05. The highest BCUT2D eigenvalue weighted by Crippen LogP contribution is 2.27. The molecule has 1 atom stereocenters. The van der Waals surface area contributed by atoms with Crippen molar-refractivity contribution in [2.75, 3.05) is 0 Å². The summed E-state index contributed by atoms with van der Waals surface area (Å²) in [5.41, 5.74) is 1.76. The summed E-state index contributed by atoms with van der Waals surface area (Å²) in [5.74, 6) is -0.310. The van der Waals surface area contributed by atoms with Gasteiger partial charge in [0, 0.05) is 0 Å². The van der Waals surface area contributed by atoms with Crippen LogP contribution in [0.15, 0.2) is 48.5 Å². The Bertz CT molecular complexity index is 526. The van der Waals surface area contributed by atoms with Crippen LogP contribution < -0.4 is 0 Å². The highest BCUT2D eigenvalue weighted by molar-refractivity contribution is 6.30. The molecule has 0 N–H and O–H groups in total. The molecule has 0 aromatic heterocycles. The van der Waals surface area contributed by atoms with Crippen LogP contribution in [0.25, 0.3) is 0 Å². The standard InChI is InChI=1S/C16H15Cl2F/c17-14(12-6-2-1-3-7-12)10-4-8-13-9-5-11-15(18)16(13)19/h1-3,5-7,9,11,14H,4,8,10H2. The predicted molar refractivity (Wildman–Crippen MR) is 79.4 cm³/mol. The van der Waals surface area contributed by atoms with E-state index in [2.05, 4.69) is 0 Å². The zero-order valence-electron chi connectivity index (χ0n) is 10.5. The van der Waals surface area contributed by atoms with Crippen molar-refractivity contribution in [3.05, 3.63) is 70.5 Å². The lowest BCUT2D eigenvalue weighted by molar-refractivity contribution is 0.599. The number of benzene rings is 2. The summed E-state index contributed by atoms with van der Waals surface area (Å²) in [6.07, 6.45) is 2.31. The predicted octanol–water partition coefficient (Wildman–Crippen LogP) is 5.78. The highest BCUT2D eigenvalue weighted by atomic mass is 35.5. The molecule has 2 aromatic rings. The monoisotopic (exact) mass is 296 g/mol. The second-order valence-corrected chi connectivity index (χ2v) is 5.42. The van der Waals surface area contributed by atoms with Crippen LogP contribution in [0, 0.1) is 5.82 Å². The Morgan fingerprint density at radius 3 is 2.47 bits per heavy atom. The third kappa shape index (κ3) is 3.95. The first-order chi connectivity index (χ1) is 9.18. The average molecular weight is 297 g/mol. The van der Waals surface area contributed by atoms with Gasteiger partial charge in [-0.1, -0.05) is 54.1 Å². The molecule has 0 heterocycles. The van der Waals surface area contributed by atoms with E-state index in [9.17, 15) is 4.39 Å². The maximum atomic E-state index is 13.7. The van der Waals surface area contributed by atoms with Crippen molar-refractivity contribution in [2.24, 2.45) is 0 Å². The quantitative estimate of drug-likeness (QED) is 0.613. The molecular formula is C16H15Cl2F. The first kappa shape index (κ1) is 14.4. The minimum absolute atomic E-state index is 0.0246. The van der Waals surface area contributed by atoms with E-state index in [1.54, 1.807) is 18.2 Å². The van der Waals surface area contributed by atoms with Crippen LogP contribution in [0.4, 0.5) is 4.39 Å². The molecule has 0 aliphatic heterocycles. The van der Waals surface area contributed by atoms with Crippen LogP contribution >= 0.6 is 23.2 Å². The van der Waals surface area contributed by atoms with E-state index in [0.717, 1.165) is 18.4 Å². The Labute approximate surface area is 123 Å². The van der Waals surface area contributed by atoms with E-state index >= 15 is 0 Å². The average Bonchev–Trinajstić information content (AvgIpc) is 2.44. The molecule has 1 unspecified atom stereocenters. The van der Waals surface area contributed by atoms with E-state index in [1.807, 2.05) is 30.3 Å². The minimum atomic E-state index is -0.310. The lowest BCUT2D eigenvalue weighted by Gasteiger charge is -2.10. The lowest BCUT2D eigenvalue weighted by Crippen LogP contribution is -1.95. The van der Waals surface area contributed by atoms with Gasteiger partial charge >= 0.3 is 0 Å². The molecule has 0 aliphatic carbocycles. The fourth-order valence-corrected chi connectivity index (χ4v) is 2.54. The van der Waals surface area contributed by atoms with Crippen molar-refractivity contribution in [1.29, 1.82) is 0 Å². The van der Waals surface area contributed by atoms with Gasteiger partial charge in [-0.3, -0.25) is 0 Å². The summed E-state index contributed by atoms with van der Waals surface area (Å²) < 4.78 is 13.7. The molecule has 0 radical (unpaired) electrons. The summed E-state index contributed by atoms with van der Waals surface area (Å²) in [5, 5.41) is 0.159. The molecule has 0 amide bonds. The first-order valence-electron chi connectivity index (χ1n) is 6.30. The molecule has 19 heavy (non-hydrogen) atoms. The molecule has 2 aromatic carbocycles. The van der Waals surface area contributed by atoms with Gasteiger partial charge in [0.25, 0.3) is 0 Å². The van der Waals surface area contributed by atoms with Crippen LogP contribution in [0.1, 0.15) is 29.3 Å². The fourth-order valence-electron chi connectivity index (χ4n) is 2.04. The largest absolute Gasteiger partial charge is 0.205 e. The first-order valence-corrected chi connectivity index (χ1v) is 7.12. The Kier molecular flexibility index (Phi) is 5.24. The maximum Gasteiger partial charge on any atom is 0.144 e. The van der Waals surface area contributed by atoms with Crippen LogP contribution in [0.2, 0.25) is 5.02 Å². The Balaban J connectivity index is 1.88. The van der Waals surface area contributed by atoms with Gasteiger partial charge in [0.2, 0.25) is 0 Å². The Morgan fingerprint density at radius 1 is 1.00 bits per heavy atom. The van der Waals surface area contributed by atoms with Gasteiger partial charge in [-0.25, -0.2) is 4.39 Å². The molecule has 0 fully saturated rings. The van der Waals surface area contributed by atoms with E-state index in [-0.39, 0.29) is 16.2 Å². The number of rotatable bonds is 5. The van der Waals surface area contributed by atoms with Gasteiger partial charge in [0.1, 0.15) is 5.82 Å². The third-order valence-electron chi connectivity index (χ3n) is 3.10. The molecule has 0 spiro atoms. The zero-order chi connectivity index (χ0) is 13.7. The third-order valence-corrected chi connectivity index (χ3v) is 3.86. The summed E-state index contributed by atoms with van der Waals surface area (Å²) in [6.45, 7) is 0. The summed E-state index contributed by atoms with van der Waals surface area (Å²) >= 11 is 12.1. The van der Waals surface area contributed by atoms with Crippen LogP contribution in [-0.2, 0) is 6.42 Å². The molecule has 2 rings (SSSR count). The zero-order valence-corrected chi connectivity index (χ0v) is 12.0. The van der Waals surface area contributed by atoms with E-state index < -0.39 is 0 Å². The second kappa shape index (κ2) is 6.93. The van der Waals surface area contributed by atoms with Gasteiger partial charge in [-0.05, 0) is 36.5 Å². The van der Waals surface area contributed by atoms with Crippen molar-refractivity contribution in [2.45, 2.75) is 24.6 Å². The van der Waals surface area contributed by atoms with Crippen molar-refractivity contribution in [1.82, 2.24) is 0 Å². The van der Waals surface area contributed by atoms with Crippen LogP contribution in [0.5, 0.6) is 0 Å². The normalized spacial score (nSPS) is 12.4. The topological polar surface area (TPSA) is 0 Å². The fraction of sp³-hybridized carbons (Fsp3) is 0.250. The van der Waals surface area contributed by atoms with Gasteiger partial charge in [-0.2, -0.15) is 0 Å². The highest BCUT2D eigenvalue weighted by Gasteiger charge is 2.09. The molecule has 0 bridgehead atoms. The SMILES string of the molecule is Fc1c(Cl)cccc1CCCC(Cl)c1ccccc1. The summed E-state index contributed by atoms with van der Waals surface area (Å²) in [4.78, 5) is 0. The molecule has 3 heteroatoms. The van der Waals surface area contributed by atoms with E-state index in [0.29, 0.717) is 12.0 Å². The van der Waals surface area contributed by atoms with Gasteiger partial charge in [0.05, 0.1) is 10.4 Å². The number of hydrogen-bond acceptors (Lipinski definition) is 0. The van der Waals surface area contributed by atoms with Crippen molar-refractivity contribution >= 4 is 23.2 Å². The van der Waals surface area contributed by atoms with E-state index in [4.69, 9.17) is 23.2 Å². The lowest BCUT2D eigenvalue weighted by atomic mass is 10.0. The van der Waals surface area contributed by atoms with Gasteiger partial charge < -0.3 is 0 Å². The number of hydrogen-bond donors (Lipinski definition) is 0. The van der Waals surface area contributed by atoms with Crippen LogP contribution in [0.3, 0.4) is 0 Å². The number of aryl methyl sites for hydroxylation is 1. The number of alkyl halides is 1. The summed E-state index contributed by atoms with van der Waals surface area (Å²) in [7, 11) is 0.